The van der Waals surface area contributed by atoms with Crippen molar-refractivity contribution < 1.29 is 0 Å². The van der Waals surface area contributed by atoms with Crippen LogP contribution >= 0.6 is 0 Å². The maximum atomic E-state index is 2.35. The Kier molecular flexibility index (Phi) is 3.25. The molecule has 1 atom stereocenters. The number of hydrogen-bond donors (Lipinski definition) is 0. The van der Waals surface area contributed by atoms with E-state index in [-0.39, 0.29) is 0 Å². The zero-order valence-corrected chi connectivity index (χ0v) is 9.53. The van der Waals surface area contributed by atoms with Crippen LogP contribution in [0.3, 0.4) is 0 Å². The van der Waals surface area contributed by atoms with Crippen LogP contribution in [0.4, 0.5) is 0 Å². The molecule has 0 heterocycles. The van der Waals surface area contributed by atoms with Crippen LogP contribution in [-0.2, 0) is 0 Å². The minimum Gasteiger partial charge on any atom is -0.0810 e. The van der Waals surface area contributed by atoms with Crippen LogP contribution < -0.4 is 0 Å². The van der Waals surface area contributed by atoms with Crippen molar-refractivity contribution in [1.29, 1.82) is 0 Å². The second-order valence-corrected chi connectivity index (χ2v) is 4.44. The zero-order valence-electron chi connectivity index (χ0n) is 9.53. The van der Waals surface area contributed by atoms with Gasteiger partial charge in [-0.05, 0) is 44.1 Å². The van der Waals surface area contributed by atoms with Crippen molar-refractivity contribution in [2.45, 2.75) is 26.7 Å². The zero-order chi connectivity index (χ0) is 10.7. The Morgan fingerprint density at radius 2 is 2.20 bits per heavy atom. The average Bonchev–Trinajstić information content (AvgIpc) is 2.17. The van der Waals surface area contributed by atoms with E-state index in [1.54, 1.807) is 0 Å². The van der Waals surface area contributed by atoms with Crippen LogP contribution in [-0.4, -0.2) is 0 Å². The third-order valence-corrected chi connectivity index (χ3v) is 2.84. The fraction of sp³-hybridized carbons (Fsp3) is 0.333. The Bertz CT molecular complexity index is 350. The lowest BCUT2D eigenvalue weighted by molar-refractivity contribution is 0.856. The topological polar surface area (TPSA) is 0 Å². The van der Waals surface area contributed by atoms with Gasteiger partial charge in [-0.3, -0.25) is 0 Å². The van der Waals surface area contributed by atoms with Crippen molar-refractivity contribution in [3.05, 3.63) is 59.9 Å². The van der Waals surface area contributed by atoms with Gasteiger partial charge in [0.15, 0.2) is 0 Å². The van der Waals surface area contributed by atoms with Gasteiger partial charge in [-0.25, -0.2) is 0 Å². The smallest absolute Gasteiger partial charge is 0.00639 e. The summed E-state index contributed by atoms with van der Waals surface area (Å²) in [5.74, 6) is 0.589. The van der Waals surface area contributed by atoms with Gasteiger partial charge in [0.2, 0.25) is 0 Å². The molecule has 15 heavy (non-hydrogen) atoms. The van der Waals surface area contributed by atoms with E-state index in [0.29, 0.717) is 5.92 Å². The van der Waals surface area contributed by atoms with Crippen LogP contribution in [0, 0.1) is 18.8 Å². The standard InChI is InChI=1S/C15H18/c1-12-5-3-7-14(9-12)11-15-8-4-6-13(2)10-15/h3,5-10,12H,4,11H2,1-2H3. The Morgan fingerprint density at radius 3 is 2.93 bits per heavy atom. The maximum absolute atomic E-state index is 2.35. The molecule has 0 aromatic carbocycles. The Balaban J connectivity index is 2.03. The second-order valence-electron chi connectivity index (χ2n) is 4.44. The highest BCUT2D eigenvalue weighted by Gasteiger charge is 2.08. The summed E-state index contributed by atoms with van der Waals surface area (Å²) in [6.45, 7) is 4.40. The molecule has 0 fully saturated rings. The fourth-order valence-electron chi connectivity index (χ4n) is 2.09. The molecule has 0 amide bonds. The quantitative estimate of drug-likeness (QED) is 0.624. The van der Waals surface area contributed by atoms with Gasteiger partial charge in [0.05, 0.1) is 0 Å². The molecule has 2 radical (unpaired) electrons. The first-order valence-electron chi connectivity index (χ1n) is 5.67. The summed E-state index contributed by atoms with van der Waals surface area (Å²) in [6, 6.07) is 0. The molecule has 1 unspecified atom stereocenters. The summed E-state index contributed by atoms with van der Waals surface area (Å²) >= 11 is 0. The van der Waals surface area contributed by atoms with Crippen molar-refractivity contribution in [2.24, 2.45) is 5.92 Å². The molecule has 0 aromatic rings. The highest BCUT2D eigenvalue weighted by molar-refractivity contribution is 5.39. The first kappa shape index (κ1) is 10.5. The lowest BCUT2D eigenvalue weighted by atomic mass is 9.90. The van der Waals surface area contributed by atoms with Gasteiger partial charge in [-0.15, -0.1) is 0 Å². The Morgan fingerprint density at radius 1 is 1.33 bits per heavy atom. The molecule has 0 aromatic heterocycles. The minimum atomic E-state index is 0.589. The third-order valence-electron chi connectivity index (χ3n) is 2.84. The summed E-state index contributed by atoms with van der Waals surface area (Å²) in [7, 11) is 0. The summed E-state index contributed by atoms with van der Waals surface area (Å²) in [6.07, 6.45) is 18.0. The van der Waals surface area contributed by atoms with Crippen LogP contribution in [0.2, 0.25) is 0 Å². The number of hydrogen-bond acceptors (Lipinski definition) is 0. The van der Waals surface area contributed by atoms with E-state index in [0.717, 1.165) is 12.8 Å². The second kappa shape index (κ2) is 4.65. The average molecular weight is 198 g/mol. The van der Waals surface area contributed by atoms with E-state index >= 15 is 0 Å². The van der Waals surface area contributed by atoms with E-state index in [1.807, 2.05) is 0 Å². The molecule has 0 heteroatoms. The first-order valence-corrected chi connectivity index (χ1v) is 5.67. The van der Waals surface area contributed by atoms with E-state index < -0.39 is 0 Å². The third kappa shape index (κ3) is 2.95. The van der Waals surface area contributed by atoms with Gasteiger partial charge in [0.25, 0.3) is 0 Å². The highest BCUT2D eigenvalue weighted by atomic mass is 14.1. The summed E-state index contributed by atoms with van der Waals surface area (Å²) in [5, 5.41) is 0. The van der Waals surface area contributed by atoms with Gasteiger partial charge in [-0.2, -0.15) is 0 Å². The number of rotatable bonds is 2. The molecule has 0 saturated heterocycles. The summed E-state index contributed by atoms with van der Waals surface area (Å²) in [4.78, 5) is 0. The predicted octanol–water partition coefficient (Wildman–Crippen LogP) is 4.19. The lowest BCUT2D eigenvalue weighted by Crippen LogP contribution is -1.99. The predicted molar refractivity (Wildman–Crippen MR) is 66.1 cm³/mol. The SMILES string of the molecule is CC1=CC[CH]C(CC2=CC(C)[CH]C=C2)=C1. The molecule has 0 saturated carbocycles. The first-order chi connectivity index (χ1) is 7.24. The minimum absolute atomic E-state index is 0.589. The molecule has 2 aliphatic rings. The van der Waals surface area contributed by atoms with E-state index in [1.165, 1.54) is 16.7 Å². The van der Waals surface area contributed by atoms with Gasteiger partial charge in [0.1, 0.15) is 0 Å². The monoisotopic (exact) mass is 198 g/mol. The molecule has 0 nitrogen and oxygen atoms in total. The fourth-order valence-corrected chi connectivity index (χ4v) is 2.09. The van der Waals surface area contributed by atoms with Gasteiger partial charge in [0, 0.05) is 0 Å². The molecule has 2 aliphatic carbocycles. The van der Waals surface area contributed by atoms with Crippen molar-refractivity contribution in [1.82, 2.24) is 0 Å². The summed E-state index contributed by atoms with van der Waals surface area (Å²) < 4.78 is 0. The molecule has 0 aliphatic heterocycles. The molecule has 2 rings (SSSR count). The van der Waals surface area contributed by atoms with Gasteiger partial charge >= 0.3 is 0 Å². The van der Waals surface area contributed by atoms with Crippen molar-refractivity contribution >= 4 is 0 Å². The van der Waals surface area contributed by atoms with Crippen LogP contribution in [0.1, 0.15) is 26.7 Å². The number of allylic oxidation sites excluding steroid dienone is 8. The van der Waals surface area contributed by atoms with Crippen LogP contribution in [0.5, 0.6) is 0 Å². The molecule has 0 N–H and O–H groups in total. The molecular formula is C15H18. The largest absolute Gasteiger partial charge is 0.0810 e. The molecule has 0 bridgehead atoms. The molecular weight excluding hydrogens is 180 g/mol. The lowest BCUT2D eigenvalue weighted by Gasteiger charge is -2.15. The van der Waals surface area contributed by atoms with Crippen molar-refractivity contribution in [2.75, 3.05) is 0 Å². The van der Waals surface area contributed by atoms with Crippen LogP contribution in [0.25, 0.3) is 0 Å². The normalized spacial score (nSPS) is 25.7. The summed E-state index contributed by atoms with van der Waals surface area (Å²) in [5.41, 5.74) is 4.30. The van der Waals surface area contributed by atoms with E-state index in [9.17, 15) is 0 Å². The van der Waals surface area contributed by atoms with Crippen LogP contribution in [0.15, 0.2) is 47.1 Å². The molecule has 78 valence electrons. The van der Waals surface area contributed by atoms with E-state index in [2.05, 4.69) is 57.1 Å². The highest BCUT2D eigenvalue weighted by Crippen LogP contribution is 2.25. The molecule has 0 spiro atoms. The Hall–Kier alpha value is -1.04. The van der Waals surface area contributed by atoms with Crippen molar-refractivity contribution in [3.8, 4) is 0 Å². The van der Waals surface area contributed by atoms with E-state index in [4.69, 9.17) is 0 Å². The maximum Gasteiger partial charge on any atom is -0.00639 e. The van der Waals surface area contributed by atoms with Gasteiger partial charge < -0.3 is 0 Å². The van der Waals surface area contributed by atoms with Crippen molar-refractivity contribution in [3.63, 3.8) is 0 Å². The Labute approximate surface area is 93.1 Å². The van der Waals surface area contributed by atoms with Gasteiger partial charge in [-0.1, -0.05) is 48.5 Å².